The van der Waals surface area contributed by atoms with Gasteiger partial charge in [0.05, 0.1) is 13.7 Å². The number of hydrogen-bond acceptors (Lipinski definition) is 9. The zero-order valence-electron chi connectivity index (χ0n) is 21.8. The number of likely N-dealkylation sites (N-methyl/N-ethyl adjacent to an activating group) is 1. The first kappa shape index (κ1) is 25.1. The number of hydrogen-bond donors (Lipinski definition) is 2. The molecule has 0 unspecified atom stereocenters. The van der Waals surface area contributed by atoms with E-state index in [1.807, 2.05) is 7.05 Å². The maximum atomic E-state index is 12.9. The normalized spacial score (nSPS) is 19.2. The average molecular weight is 539 g/mol. The lowest BCUT2D eigenvalue weighted by molar-refractivity contribution is -0.128. The molecule has 4 amide bonds. The molecule has 0 aliphatic carbocycles. The molecule has 0 saturated carbocycles. The van der Waals surface area contributed by atoms with Crippen molar-refractivity contribution in [2.24, 2.45) is 0 Å². The fourth-order valence-electron chi connectivity index (χ4n) is 5.48. The van der Waals surface area contributed by atoms with Crippen molar-refractivity contribution in [1.29, 1.82) is 0 Å². The summed E-state index contributed by atoms with van der Waals surface area (Å²) in [7, 11) is 3.67. The molecule has 1 fully saturated rings. The van der Waals surface area contributed by atoms with Crippen molar-refractivity contribution in [2.75, 3.05) is 34.3 Å². The van der Waals surface area contributed by atoms with Crippen LogP contribution in [0.5, 0.6) is 28.7 Å². The van der Waals surface area contributed by atoms with E-state index in [9.17, 15) is 14.4 Å². The summed E-state index contributed by atoms with van der Waals surface area (Å²) in [5, 5.41) is 5.65. The Kier molecular flexibility index (Phi) is 6.55. The number of benzene rings is 2. The van der Waals surface area contributed by atoms with Crippen molar-refractivity contribution in [2.45, 2.75) is 44.9 Å². The molecule has 0 spiro atoms. The maximum absolute atomic E-state index is 12.9. The number of nitrogens with zero attached hydrogens (tertiary/aromatic N) is 2. The first-order valence-electron chi connectivity index (χ1n) is 12.9. The van der Waals surface area contributed by atoms with Crippen molar-refractivity contribution >= 4 is 17.8 Å². The van der Waals surface area contributed by atoms with Gasteiger partial charge in [0, 0.05) is 37.2 Å². The first-order chi connectivity index (χ1) is 18.9. The second-order valence-electron chi connectivity index (χ2n) is 9.95. The quantitative estimate of drug-likeness (QED) is 0.482. The number of methoxy groups -OCH3 is 1. The van der Waals surface area contributed by atoms with E-state index >= 15 is 0 Å². The highest BCUT2D eigenvalue weighted by Crippen LogP contribution is 2.49. The van der Waals surface area contributed by atoms with Crippen molar-refractivity contribution < 1.29 is 38.1 Å². The largest absolute Gasteiger partial charge is 0.492 e. The number of carbonyl (C=O) groups is 3. The maximum Gasteiger partial charge on any atom is 0.325 e. The van der Waals surface area contributed by atoms with E-state index in [0.717, 1.165) is 40.1 Å². The van der Waals surface area contributed by atoms with Gasteiger partial charge < -0.3 is 39.2 Å². The Morgan fingerprint density at radius 2 is 1.90 bits per heavy atom. The number of urea groups is 1. The Balaban J connectivity index is 1.07. The van der Waals surface area contributed by atoms with Gasteiger partial charge in [-0.3, -0.25) is 14.5 Å². The van der Waals surface area contributed by atoms with Crippen LogP contribution in [0.4, 0.5) is 4.79 Å². The Hall–Kier alpha value is -4.19. The fraction of sp³-hybridized carbons (Fsp3) is 0.444. The Morgan fingerprint density at radius 1 is 1.10 bits per heavy atom. The van der Waals surface area contributed by atoms with Crippen molar-refractivity contribution in [3.05, 3.63) is 40.5 Å². The number of rotatable bonds is 8. The number of imide groups is 1. The van der Waals surface area contributed by atoms with E-state index in [0.29, 0.717) is 35.3 Å². The standard InChI is InChI=1S/C27H30N4O8/c1-30-8-7-16-17(24-25(39-14-38-24)23(35-2)18(16)12-30)10-28-22(32)6-4-19-26(33)31(27(34)29-19)11-15-3-5-20-21(9-15)37-13-36-20/h3,5,9,19H,4,6-8,10-14H2,1-2H3,(H,28,32)(H,29,34)/t19-/m1/s1. The van der Waals surface area contributed by atoms with Crippen LogP contribution in [0, 0.1) is 0 Å². The number of ether oxygens (including phenoxy) is 5. The molecule has 2 N–H and O–H groups in total. The summed E-state index contributed by atoms with van der Waals surface area (Å²) in [4.78, 5) is 41.6. The van der Waals surface area contributed by atoms with E-state index in [-0.39, 0.29) is 51.3 Å². The van der Waals surface area contributed by atoms with Gasteiger partial charge in [-0.1, -0.05) is 6.07 Å². The van der Waals surface area contributed by atoms with E-state index in [2.05, 4.69) is 15.5 Å². The molecule has 12 nitrogen and oxygen atoms in total. The molecule has 4 aliphatic heterocycles. The van der Waals surface area contributed by atoms with Gasteiger partial charge in [-0.2, -0.15) is 0 Å². The third kappa shape index (κ3) is 4.65. The Morgan fingerprint density at radius 3 is 2.74 bits per heavy atom. The predicted octanol–water partition coefficient (Wildman–Crippen LogP) is 1.66. The third-order valence-electron chi connectivity index (χ3n) is 7.48. The lowest BCUT2D eigenvalue weighted by atomic mass is 9.92. The average Bonchev–Trinajstić information content (AvgIpc) is 3.66. The van der Waals surface area contributed by atoms with Gasteiger partial charge in [-0.15, -0.1) is 0 Å². The highest BCUT2D eigenvalue weighted by molar-refractivity contribution is 6.04. The molecular formula is C27H30N4O8. The summed E-state index contributed by atoms with van der Waals surface area (Å²) in [5.74, 6) is 2.48. The number of carbonyl (C=O) groups excluding carboxylic acids is 3. The van der Waals surface area contributed by atoms with Crippen LogP contribution in [0.3, 0.4) is 0 Å². The highest BCUT2D eigenvalue weighted by Gasteiger charge is 2.38. The summed E-state index contributed by atoms with van der Waals surface area (Å²) >= 11 is 0. The second kappa shape index (κ2) is 10.2. The lowest BCUT2D eigenvalue weighted by Crippen LogP contribution is -2.33. The Bertz CT molecular complexity index is 1350. The molecule has 206 valence electrons. The number of nitrogens with one attached hydrogen (secondary N) is 2. The summed E-state index contributed by atoms with van der Waals surface area (Å²) in [6.45, 7) is 2.20. The SMILES string of the molecule is COc1c2c(c(CNC(=O)CC[C@H]3NC(=O)N(Cc4ccc5c(c4)OCO5)C3=O)c3c1OCO3)CCN(C)C2. The van der Waals surface area contributed by atoms with Gasteiger partial charge in [0.2, 0.25) is 25.2 Å². The van der Waals surface area contributed by atoms with E-state index in [1.54, 1.807) is 25.3 Å². The van der Waals surface area contributed by atoms with Crippen molar-refractivity contribution in [3.8, 4) is 28.7 Å². The van der Waals surface area contributed by atoms with Crippen LogP contribution < -0.4 is 34.3 Å². The van der Waals surface area contributed by atoms with E-state index in [1.165, 1.54) is 0 Å². The van der Waals surface area contributed by atoms with Gasteiger partial charge in [-0.05, 0) is 43.1 Å². The molecule has 39 heavy (non-hydrogen) atoms. The minimum Gasteiger partial charge on any atom is -0.492 e. The van der Waals surface area contributed by atoms with E-state index in [4.69, 9.17) is 23.7 Å². The molecule has 12 heteroatoms. The van der Waals surface area contributed by atoms with Crippen LogP contribution in [0.25, 0.3) is 0 Å². The first-order valence-corrected chi connectivity index (χ1v) is 12.9. The smallest absolute Gasteiger partial charge is 0.325 e. The molecule has 2 aromatic carbocycles. The van der Waals surface area contributed by atoms with Gasteiger partial charge in [0.25, 0.3) is 5.91 Å². The summed E-state index contributed by atoms with van der Waals surface area (Å²) in [6.07, 6.45) is 1.07. The zero-order chi connectivity index (χ0) is 27.1. The van der Waals surface area contributed by atoms with E-state index < -0.39 is 12.1 Å². The molecule has 6 rings (SSSR count). The fourth-order valence-corrected chi connectivity index (χ4v) is 5.48. The third-order valence-corrected chi connectivity index (χ3v) is 7.48. The second-order valence-corrected chi connectivity index (χ2v) is 9.95. The Labute approximate surface area is 225 Å². The lowest BCUT2D eigenvalue weighted by Gasteiger charge is -2.29. The van der Waals surface area contributed by atoms with Crippen molar-refractivity contribution in [3.63, 3.8) is 0 Å². The van der Waals surface area contributed by atoms with Crippen molar-refractivity contribution in [1.82, 2.24) is 20.4 Å². The molecule has 4 heterocycles. The number of fused-ring (bicyclic) bond motifs is 3. The van der Waals surface area contributed by atoms with Crippen LogP contribution in [0.2, 0.25) is 0 Å². The zero-order valence-corrected chi connectivity index (χ0v) is 21.8. The minimum absolute atomic E-state index is 0.0786. The van der Waals surface area contributed by atoms with Gasteiger partial charge in [-0.25, -0.2) is 4.79 Å². The summed E-state index contributed by atoms with van der Waals surface area (Å²) in [5.41, 5.74) is 3.78. The molecule has 0 radical (unpaired) electrons. The molecule has 1 saturated heterocycles. The number of amides is 4. The van der Waals surface area contributed by atoms with Crippen LogP contribution in [0.1, 0.15) is 35.1 Å². The van der Waals surface area contributed by atoms with Gasteiger partial charge in [0.15, 0.2) is 23.0 Å². The van der Waals surface area contributed by atoms with Crippen LogP contribution in [-0.2, 0) is 35.6 Å². The monoisotopic (exact) mass is 538 g/mol. The van der Waals surface area contributed by atoms with Gasteiger partial charge in [0.1, 0.15) is 6.04 Å². The van der Waals surface area contributed by atoms with Crippen LogP contribution in [-0.4, -0.2) is 68.0 Å². The molecular weight excluding hydrogens is 508 g/mol. The predicted molar refractivity (Wildman–Crippen MR) is 136 cm³/mol. The molecule has 2 aromatic rings. The molecule has 4 aliphatic rings. The summed E-state index contributed by atoms with van der Waals surface area (Å²) in [6, 6.07) is 4.05. The highest BCUT2D eigenvalue weighted by atomic mass is 16.7. The summed E-state index contributed by atoms with van der Waals surface area (Å²) < 4.78 is 27.8. The molecule has 0 bridgehead atoms. The molecule has 0 aromatic heterocycles. The van der Waals surface area contributed by atoms with Crippen LogP contribution in [0.15, 0.2) is 18.2 Å². The molecule has 1 atom stereocenters. The minimum atomic E-state index is -0.762. The van der Waals surface area contributed by atoms with Crippen LogP contribution >= 0.6 is 0 Å². The van der Waals surface area contributed by atoms with Gasteiger partial charge >= 0.3 is 6.03 Å². The topological polar surface area (TPSA) is 128 Å².